The minimum Gasteiger partial charge on any atom is -0.494 e. The minimum atomic E-state index is -2.86. The summed E-state index contributed by atoms with van der Waals surface area (Å²) >= 11 is 0. The van der Waals surface area contributed by atoms with Crippen molar-refractivity contribution in [1.29, 1.82) is 0 Å². The van der Waals surface area contributed by atoms with E-state index in [-0.39, 0.29) is 17.6 Å². The fourth-order valence-corrected chi connectivity index (χ4v) is 3.24. The number of Topliss-reactive ketones (excluding diaryl/α,β-unsaturated/α-hetero) is 1. The molecule has 1 aromatic carbocycles. The highest BCUT2D eigenvalue weighted by Gasteiger charge is 2.28. The highest BCUT2D eigenvalue weighted by molar-refractivity contribution is 5.80. The summed E-state index contributed by atoms with van der Waals surface area (Å²) in [5.41, 5.74) is 1.58. The second-order valence-corrected chi connectivity index (χ2v) is 6.06. The summed E-state index contributed by atoms with van der Waals surface area (Å²) in [6, 6.07) is 8.32. The number of carbonyl (C=O) groups excluding carboxylic acids is 1. The fourth-order valence-electron chi connectivity index (χ4n) is 3.24. The number of benzene rings is 1. The van der Waals surface area contributed by atoms with E-state index in [4.69, 9.17) is 4.74 Å². The predicted octanol–water partition coefficient (Wildman–Crippen LogP) is 4.34. The molecule has 0 aliphatic heterocycles. The van der Waals surface area contributed by atoms with Gasteiger partial charge in [0.1, 0.15) is 23.0 Å². The van der Waals surface area contributed by atoms with Crippen LogP contribution in [-0.4, -0.2) is 30.5 Å². The molecule has 0 unspecified atom stereocenters. The van der Waals surface area contributed by atoms with E-state index in [1.54, 1.807) is 37.7 Å². The van der Waals surface area contributed by atoms with Crippen molar-refractivity contribution in [1.82, 2.24) is 4.98 Å². The van der Waals surface area contributed by atoms with Crippen LogP contribution >= 0.6 is 0 Å². The summed E-state index contributed by atoms with van der Waals surface area (Å²) in [5, 5.41) is 0. The van der Waals surface area contributed by atoms with Gasteiger partial charge in [-0.1, -0.05) is 0 Å². The van der Waals surface area contributed by atoms with Gasteiger partial charge < -0.3 is 14.4 Å². The Bertz CT molecular complexity index is 743. The van der Waals surface area contributed by atoms with Gasteiger partial charge in [-0.05, 0) is 37.1 Å². The number of ether oxygens (including phenoxy) is 2. The normalized spacial score (nSPS) is 15.2. The highest BCUT2D eigenvalue weighted by atomic mass is 19.3. The zero-order valence-corrected chi connectivity index (χ0v) is 14.4. The monoisotopic (exact) mass is 362 g/mol. The molecule has 1 fully saturated rings. The Hall–Kier alpha value is -2.70. The molecule has 0 bridgehead atoms. The zero-order chi connectivity index (χ0) is 18.5. The van der Waals surface area contributed by atoms with Gasteiger partial charge in [0.05, 0.1) is 13.3 Å². The summed E-state index contributed by atoms with van der Waals surface area (Å²) in [5.74, 6) is 1.02. The van der Waals surface area contributed by atoms with Crippen LogP contribution in [0.5, 0.6) is 11.5 Å². The molecule has 0 saturated heterocycles. The lowest BCUT2D eigenvalue weighted by atomic mass is 9.92. The summed E-state index contributed by atoms with van der Waals surface area (Å²) in [6.45, 7) is -2.86. The summed E-state index contributed by atoms with van der Waals surface area (Å²) in [6.07, 6.45) is 5.83. The number of alkyl halides is 2. The van der Waals surface area contributed by atoms with E-state index in [0.717, 1.165) is 11.4 Å². The predicted molar refractivity (Wildman–Crippen MR) is 93.3 cm³/mol. The molecule has 0 spiro atoms. The van der Waals surface area contributed by atoms with E-state index >= 15 is 0 Å². The topological polar surface area (TPSA) is 51.7 Å². The molecule has 1 aliphatic rings. The molecule has 138 valence electrons. The maximum absolute atomic E-state index is 12.4. The molecule has 1 saturated carbocycles. The second kappa shape index (κ2) is 8.12. The number of aromatic nitrogens is 1. The molecular weight excluding hydrogens is 342 g/mol. The maximum atomic E-state index is 12.4. The molecule has 1 heterocycles. The van der Waals surface area contributed by atoms with Crippen LogP contribution in [0.15, 0.2) is 42.7 Å². The molecule has 0 N–H and O–H groups in total. The van der Waals surface area contributed by atoms with E-state index in [1.807, 2.05) is 0 Å². The van der Waals surface area contributed by atoms with Crippen molar-refractivity contribution in [3.8, 4) is 11.5 Å². The first-order valence-corrected chi connectivity index (χ1v) is 8.42. The van der Waals surface area contributed by atoms with Gasteiger partial charge in [0, 0.05) is 36.8 Å². The van der Waals surface area contributed by atoms with Crippen LogP contribution in [0.1, 0.15) is 25.7 Å². The van der Waals surface area contributed by atoms with Gasteiger partial charge in [-0.3, -0.25) is 9.78 Å². The molecule has 7 heteroatoms. The number of ketones is 1. The highest BCUT2D eigenvalue weighted by Crippen LogP contribution is 2.38. The van der Waals surface area contributed by atoms with Crippen molar-refractivity contribution in [3.63, 3.8) is 0 Å². The number of nitrogens with zero attached hydrogens (tertiary/aromatic N) is 2. The number of carbonyl (C=O) groups is 1. The van der Waals surface area contributed by atoms with Crippen LogP contribution in [0.25, 0.3) is 0 Å². The Kier molecular flexibility index (Phi) is 5.65. The molecule has 0 radical (unpaired) electrons. The third kappa shape index (κ3) is 4.09. The molecule has 0 atom stereocenters. The van der Waals surface area contributed by atoms with Gasteiger partial charge in [-0.2, -0.15) is 8.78 Å². The Morgan fingerprint density at radius 3 is 2.46 bits per heavy atom. The largest absolute Gasteiger partial charge is 0.494 e. The van der Waals surface area contributed by atoms with Crippen molar-refractivity contribution in [3.05, 3.63) is 42.7 Å². The van der Waals surface area contributed by atoms with Gasteiger partial charge in [0.2, 0.25) is 0 Å². The number of hydrogen-bond acceptors (Lipinski definition) is 5. The van der Waals surface area contributed by atoms with Gasteiger partial charge in [0.15, 0.2) is 0 Å². The molecule has 1 aliphatic carbocycles. The van der Waals surface area contributed by atoms with Crippen molar-refractivity contribution in [2.75, 3.05) is 12.0 Å². The smallest absolute Gasteiger partial charge is 0.387 e. The maximum Gasteiger partial charge on any atom is 0.387 e. The third-order valence-electron chi connectivity index (χ3n) is 4.46. The van der Waals surface area contributed by atoms with E-state index in [9.17, 15) is 13.6 Å². The van der Waals surface area contributed by atoms with Crippen LogP contribution in [0.3, 0.4) is 0 Å². The molecule has 2 aromatic rings. The first-order chi connectivity index (χ1) is 12.6. The number of pyridine rings is 1. The van der Waals surface area contributed by atoms with Crippen molar-refractivity contribution in [2.24, 2.45) is 0 Å². The Morgan fingerprint density at radius 2 is 1.85 bits per heavy atom. The first kappa shape index (κ1) is 18.1. The number of hydrogen-bond donors (Lipinski definition) is 0. The average Bonchev–Trinajstić information content (AvgIpc) is 2.65. The quantitative estimate of drug-likeness (QED) is 0.765. The van der Waals surface area contributed by atoms with E-state index in [0.29, 0.717) is 31.4 Å². The second-order valence-electron chi connectivity index (χ2n) is 6.06. The Labute approximate surface area is 150 Å². The molecule has 3 rings (SSSR count). The van der Waals surface area contributed by atoms with E-state index < -0.39 is 6.61 Å². The summed E-state index contributed by atoms with van der Waals surface area (Å²) in [7, 11) is 1.58. The van der Waals surface area contributed by atoms with Crippen molar-refractivity contribution in [2.45, 2.75) is 38.3 Å². The third-order valence-corrected chi connectivity index (χ3v) is 4.46. The zero-order valence-electron chi connectivity index (χ0n) is 14.4. The van der Waals surface area contributed by atoms with Crippen LogP contribution in [0.2, 0.25) is 0 Å². The lowest BCUT2D eigenvalue weighted by Gasteiger charge is -2.36. The van der Waals surface area contributed by atoms with E-state index in [2.05, 4.69) is 14.6 Å². The number of methoxy groups -OCH3 is 1. The van der Waals surface area contributed by atoms with Crippen LogP contribution in [0, 0.1) is 0 Å². The van der Waals surface area contributed by atoms with Gasteiger partial charge in [-0.25, -0.2) is 0 Å². The fraction of sp³-hybridized carbons (Fsp3) is 0.368. The Morgan fingerprint density at radius 1 is 1.15 bits per heavy atom. The Balaban J connectivity index is 1.96. The van der Waals surface area contributed by atoms with Crippen molar-refractivity contribution < 1.29 is 23.0 Å². The van der Waals surface area contributed by atoms with Crippen LogP contribution in [-0.2, 0) is 4.79 Å². The SMILES string of the molecule is COc1ccncc1N(c1ccc(OC(F)F)cc1)C1CCC(=O)CC1. The molecular formula is C19H20F2N2O3. The molecule has 26 heavy (non-hydrogen) atoms. The van der Waals surface area contributed by atoms with Crippen molar-refractivity contribution >= 4 is 17.2 Å². The first-order valence-electron chi connectivity index (χ1n) is 8.42. The van der Waals surface area contributed by atoms with Gasteiger partial charge >= 0.3 is 6.61 Å². The lowest BCUT2D eigenvalue weighted by Crippen LogP contribution is -2.35. The van der Waals surface area contributed by atoms with Crippen LogP contribution in [0.4, 0.5) is 20.2 Å². The average molecular weight is 362 g/mol. The van der Waals surface area contributed by atoms with Gasteiger partial charge in [-0.15, -0.1) is 0 Å². The summed E-state index contributed by atoms with van der Waals surface area (Å²) in [4.78, 5) is 17.9. The van der Waals surface area contributed by atoms with Gasteiger partial charge in [0.25, 0.3) is 0 Å². The lowest BCUT2D eigenvalue weighted by molar-refractivity contribution is -0.120. The molecule has 5 nitrogen and oxygen atoms in total. The number of rotatable bonds is 6. The number of halogens is 2. The summed E-state index contributed by atoms with van der Waals surface area (Å²) < 4.78 is 34.7. The van der Waals surface area contributed by atoms with E-state index in [1.165, 1.54) is 12.1 Å². The minimum absolute atomic E-state index is 0.0904. The number of anilines is 2. The van der Waals surface area contributed by atoms with Crippen LogP contribution < -0.4 is 14.4 Å². The molecule has 0 amide bonds. The standard InChI is InChI=1S/C19H20F2N2O3/c1-25-18-10-11-22-12-17(18)23(13-2-6-15(24)7-3-13)14-4-8-16(9-5-14)26-19(20)21/h4-5,8-13,19H,2-3,6-7H2,1H3. The molecule has 1 aromatic heterocycles.